The first-order valence-electron chi connectivity index (χ1n) is 7.42. The summed E-state index contributed by atoms with van der Waals surface area (Å²) in [6, 6.07) is 0.754. The van der Waals surface area contributed by atoms with Crippen LogP contribution in [0.2, 0.25) is 0 Å². The zero-order valence-electron chi connectivity index (χ0n) is 11.3. The second kappa shape index (κ2) is 5.35. The van der Waals surface area contributed by atoms with E-state index in [1.54, 1.807) is 0 Å². The van der Waals surface area contributed by atoms with Crippen LogP contribution in [0.4, 0.5) is 0 Å². The van der Waals surface area contributed by atoms with E-state index < -0.39 is 0 Å². The fraction of sp³-hybridized carbons (Fsp3) is 0.733. The Bertz CT molecular complexity index is 408. The zero-order valence-corrected chi connectivity index (χ0v) is 11.3. The molecule has 1 aromatic heterocycles. The van der Waals surface area contributed by atoms with Gasteiger partial charge in [0.1, 0.15) is 5.82 Å². The van der Waals surface area contributed by atoms with Crippen molar-refractivity contribution < 1.29 is 0 Å². The summed E-state index contributed by atoms with van der Waals surface area (Å²) in [5.41, 5.74) is 2.54. The Labute approximate surface area is 109 Å². The van der Waals surface area contributed by atoms with Crippen LogP contribution in [0, 0.1) is 5.92 Å². The summed E-state index contributed by atoms with van der Waals surface area (Å²) in [7, 11) is 0. The Morgan fingerprint density at radius 3 is 2.72 bits per heavy atom. The maximum atomic E-state index is 4.76. The minimum Gasteiger partial charge on any atom is -0.310 e. The molecule has 2 aliphatic rings. The van der Waals surface area contributed by atoms with Crippen LogP contribution >= 0.6 is 0 Å². The van der Waals surface area contributed by atoms with Gasteiger partial charge in [0.05, 0.1) is 0 Å². The van der Waals surface area contributed by atoms with Gasteiger partial charge >= 0.3 is 0 Å². The van der Waals surface area contributed by atoms with E-state index >= 15 is 0 Å². The summed E-state index contributed by atoms with van der Waals surface area (Å²) < 4.78 is 0. The summed E-state index contributed by atoms with van der Waals surface area (Å²) in [5.74, 6) is 1.91. The summed E-state index contributed by atoms with van der Waals surface area (Å²) in [4.78, 5) is 9.32. The van der Waals surface area contributed by atoms with Gasteiger partial charge in [-0.2, -0.15) is 0 Å². The van der Waals surface area contributed by atoms with E-state index in [0.29, 0.717) is 0 Å². The van der Waals surface area contributed by atoms with E-state index in [2.05, 4.69) is 23.4 Å². The van der Waals surface area contributed by atoms with E-state index in [0.717, 1.165) is 37.2 Å². The van der Waals surface area contributed by atoms with Crippen molar-refractivity contribution in [3.05, 3.63) is 23.3 Å². The van der Waals surface area contributed by atoms with Crippen LogP contribution in [0.25, 0.3) is 0 Å². The molecule has 0 radical (unpaired) electrons. The van der Waals surface area contributed by atoms with Crippen LogP contribution < -0.4 is 5.32 Å². The van der Waals surface area contributed by atoms with Crippen molar-refractivity contribution in [3.8, 4) is 0 Å². The Kier molecular flexibility index (Phi) is 3.59. The first-order chi connectivity index (χ1) is 8.85. The van der Waals surface area contributed by atoms with E-state index in [1.807, 2.05) is 0 Å². The second-order valence-electron chi connectivity index (χ2n) is 5.77. The molecule has 0 aromatic carbocycles. The second-order valence-corrected chi connectivity index (χ2v) is 5.77. The number of nitrogens with zero attached hydrogens (tertiary/aromatic N) is 2. The van der Waals surface area contributed by atoms with Crippen molar-refractivity contribution in [1.29, 1.82) is 0 Å². The molecule has 2 fully saturated rings. The van der Waals surface area contributed by atoms with Crippen LogP contribution in [-0.2, 0) is 19.4 Å². The predicted octanol–water partition coefficient (Wildman–Crippen LogP) is 2.63. The van der Waals surface area contributed by atoms with Crippen LogP contribution in [0.15, 0.2) is 6.20 Å². The molecule has 0 aliphatic heterocycles. The lowest BCUT2D eigenvalue weighted by molar-refractivity contribution is 0.309. The van der Waals surface area contributed by atoms with E-state index in [4.69, 9.17) is 4.98 Å². The fourth-order valence-electron chi connectivity index (χ4n) is 2.53. The van der Waals surface area contributed by atoms with Crippen molar-refractivity contribution in [3.63, 3.8) is 0 Å². The van der Waals surface area contributed by atoms with E-state index in [9.17, 15) is 0 Å². The summed E-state index contributed by atoms with van der Waals surface area (Å²) in [5, 5.41) is 3.55. The van der Waals surface area contributed by atoms with Crippen molar-refractivity contribution in [2.24, 2.45) is 5.92 Å². The number of hydrogen-bond acceptors (Lipinski definition) is 3. The Balaban J connectivity index is 1.65. The van der Waals surface area contributed by atoms with Gasteiger partial charge in [-0.15, -0.1) is 0 Å². The number of rotatable bonds is 6. The van der Waals surface area contributed by atoms with Crippen LogP contribution in [0.3, 0.4) is 0 Å². The maximum Gasteiger partial charge on any atom is 0.128 e. The lowest BCUT2D eigenvalue weighted by Gasteiger charge is -2.24. The molecule has 3 nitrogen and oxygen atoms in total. The third-order valence-electron chi connectivity index (χ3n) is 4.19. The highest BCUT2D eigenvalue weighted by Crippen LogP contribution is 2.29. The van der Waals surface area contributed by atoms with Crippen molar-refractivity contribution in [2.45, 2.75) is 64.5 Å². The van der Waals surface area contributed by atoms with Gasteiger partial charge < -0.3 is 5.32 Å². The van der Waals surface area contributed by atoms with Crippen molar-refractivity contribution in [1.82, 2.24) is 15.3 Å². The van der Waals surface area contributed by atoms with Gasteiger partial charge in [-0.1, -0.05) is 26.2 Å². The van der Waals surface area contributed by atoms with Crippen LogP contribution in [0.1, 0.15) is 56.1 Å². The molecule has 18 heavy (non-hydrogen) atoms. The monoisotopic (exact) mass is 245 g/mol. The van der Waals surface area contributed by atoms with Gasteiger partial charge in [0.15, 0.2) is 0 Å². The molecule has 98 valence electrons. The lowest BCUT2D eigenvalue weighted by atomic mass is 9.83. The minimum absolute atomic E-state index is 0.754. The molecular formula is C15H23N3. The highest BCUT2D eigenvalue weighted by molar-refractivity contribution is 5.18. The average molecular weight is 245 g/mol. The number of aromatic nitrogens is 2. The Hall–Kier alpha value is -0.960. The number of hydrogen-bond donors (Lipinski definition) is 1. The normalized spacial score (nSPS) is 19.8. The van der Waals surface area contributed by atoms with Gasteiger partial charge in [-0.3, -0.25) is 0 Å². The molecule has 0 amide bonds. The summed E-state index contributed by atoms with van der Waals surface area (Å²) in [6.07, 6.45) is 11.0. The first kappa shape index (κ1) is 12.1. The smallest absolute Gasteiger partial charge is 0.128 e. The average Bonchev–Trinajstić information content (AvgIpc) is 3.16. The lowest BCUT2D eigenvalue weighted by Crippen LogP contribution is -2.19. The predicted molar refractivity (Wildman–Crippen MR) is 72.3 cm³/mol. The third kappa shape index (κ3) is 2.89. The highest BCUT2D eigenvalue weighted by atomic mass is 15.0. The molecule has 3 heteroatoms. The number of nitrogens with one attached hydrogen (secondary N) is 1. The molecule has 3 rings (SSSR count). The quantitative estimate of drug-likeness (QED) is 0.837. The molecule has 0 bridgehead atoms. The molecule has 0 unspecified atom stereocenters. The van der Waals surface area contributed by atoms with E-state index in [1.165, 1.54) is 43.4 Å². The number of aryl methyl sites for hydroxylation is 1. The molecule has 2 aliphatic carbocycles. The van der Waals surface area contributed by atoms with Gasteiger partial charge in [0, 0.05) is 36.5 Å². The molecule has 1 aromatic rings. The zero-order chi connectivity index (χ0) is 12.4. The molecule has 1 N–H and O–H groups in total. The van der Waals surface area contributed by atoms with Crippen LogP contribution in [-0.4, -0.2) is 16.0 Å². The minimum atomic E-state index is 0.754. The van der Waals surface area contributed by atoms with Crippen molar-refractivity contribution in [2.75, 3.05) is 0 Å². The first-order valence-corrected chi connectivity index (χ1v) is 7.42. The van der Waals surface area contributed by atoms with Gasteiger partial charge in [-0.25, -0.2) is 9.97 Å². The highest BCUT2D eigenvalue weighted by Gasteiger charge is 2.21. The van der Waals surface area contributed by atoms with Gasteiger partial charge in [-0.05, 0) is 25.2 Å². The Morgan fingerprint density at radius 2 is 2.11 bits per heavy atom. The third-order valence-corrected chi connectivity index (χ3v) is 4.19. The summed E-state index contributed by atoms with van der Waals surface area (Å²) in [6.45, 7) is 3.13. The SMILES string of the molecule is CCc1nc(CC2CCC2)ncc1CNC1CC1. The largest absolute Gasteiger partial charge is 0.310 e. The van der Waals surface area contributed by atoms with Gasteiger partial charge in [0.25, 0.3) is 0 Å². The topological polar surface area (TPSA) is 37.8 Å². The summed E-state index contributed by atoms with van der Waals surface area (Å²) >= 11 is 0. The Morgan fingerprint density at radius 1 is 1.28 bits per heavy atom. The molecule has 1 heterocycles. The van der Waals surface area contributed by atoms with E-state index in [-0.39, 0.29) is 0 Å². The molecular weight excluding hydrogens is 222 g/mol. The molecule has 2 saturated carbocycles. The maximum absolute atomic E-state index is 4.76. The van der Waals surface area contributed by atoms with Crippen LogP contribution in [0.5, 0.6) is 0 Å². The molecule has 0 spiro atoms. The van der Waals surface area contributed by atoms with Gasteiger partial charge in [0.2, 0.25) is 0 Å². The van der Waals surface area contributed by atoms with Crippen molar-refractivity contribution >= 4 is 0 Å². The molecule has 0 atom stereocenters. The molecule has 0 saturated heterocycles. The fourth-order valence-corrected chi connectivity index (χ4v) is 2.53. The standard InChI is InChI=1S/C15H23N3/c1-2-14-12(9-16-13-6-7-13)10-17-15(18-14)8-11-4-3-5-11/h10-11,13,16H,2-9H2,1H3.